The van der Waals surface area contributed by atoms with E-state index in [1.54, 1.807) is 38.6 Å². The maximum atomic E-state index is 11.9. The van der Waals surface area contributed by atoms with Crippen molar-refractivity contribution in [3.8, 4) is 23.0 Å². The summed E-state index contributed by atoms with van der Waals surface area (Å²) in [7, 11) is 1.31. The number of Topliss-reactive ketones (excluding diaryl/α,β-unsaturated/α-hetero) is 2. The Morgan fingerprint density at radius 3 is 1.07 bits per heavy atom. The predicted molar refractivity (Wildman–Crippen MR) is 340 cm³/mol. The summed E-state index contributed by atoms with van der Waals surface area (Å²) in [5, 5.41) is 16.6. The molecule has 0 aliphatic carbocycles. The van der Waals surface area contributed by atoms with Gasteiger partial charge < -0.3 is 25.1 Å². The van der Waals surface area contributed by atoms with Gasteiger partial charge in [-0.1, -0.05) is 108 Å². The zero-order valence-corrected chi connectivity index (χ0v) is 57.2. The van der Waals surface area contributed by atoms with Crippen molar-refractivity contribution in [1.29, 1.82) is 0 Å². The number of carbonyl (C=O) groups is 3. The van der Waals surface area contributed by atoms with Gasteiger partial charge in [0.25, 0.3) is 0 Å². The molecule has 0 saturated carbocycles. The number of ketones is 2. The number of aryl methyl sites for hydroxylation is 2. The molecule has 8 heterocycles. The molecule has 0 fully saturated rings. The van der Waals surface area contributed by atoms with E-state index < -0.39 is 11.9 Å². The van der Waals surface area contributed by atoms with Crippen molar-refractivity contribution in [2.75, 3.05) is 13.7 Å². The van der Waals surface area contributed by atoms with E-state index in [0.717, 1.165) is 109 Å². The molecule has 19 nitrogen and oxygen atoms in total. The van der Waals surface area contributed by atoms with E-state index in [4.69, 9.17) is 0 Å². The van der Waals surface area contributed by atoms with Crippen LogP contribution in [0.4, 0.5) is 0 Å². The average Bonchev–Trinajstić information content (AvgIpc) is 2.68. The number of aliphatic imine (C=N–C) groups is 1. The van der Waals surface area contributed by atoms with E-state index in [0.29, 0.717) is 47.7 Å². The third-order valence-corrected chi connectivity index (χ3v) is 13.7. The van der Waals surface area contributed by atoms with Gasteiger partial charge in [0.15, 0.2) is 11.6 Å². The fourth-order valence-electron chi connectivity index (χ4n) is 9.12. The molecule has 1 atom stereocenters. The molecule has 0 aromatic carbocycles. The van der Waals surface area contributed by atoms with Crippen LogP contribution in [0.1, 0.15) is 201 Å². The molecule has 0 bridgehead atoms. The molecule has 20 heteroatoms. The van der Waals surface area contributed by atoms with Crippen molar-refractivity contribution < 1.29 is 40.2 Å². The molecule has 1 aliphatic rings. The Labute approximate surface area is 531 Å². The molecule has 0 N–H and O–H groups in total. The number of hydrogen-bond acceptors (Lipinski definition) is 17. The van der Waals surface area contributed by atoms with Crippen LogP contribution in [0.3, 0.4) is 0 Å². The third kappa shape index (κ3) is 23.7. The van der Waals surface area contributed by atoms with Crippen molar-refractivity contribution >= 4 is 28.8 Å². The van der Waals surface area contributed by atoms with E-state index in [2.05, 4.69) is 177 Å². The van der Waals surface area contributed by atoms with Crippen LogP contribution in [0.25, 0.3) is 28.6 Å². The van der Waals surface area contributed by atoms with Gasteiger partial charge in [-0.05, 0) is 153 Å². The number of allylic oxidation sites excluding steroid dienone is 1. The van der Waals surface area contributed by atoms with Crippen LogP contribution in [0, 0.1) is 49.4 Å². The second kappa shape index (κ2) is 37.4. The molecular formula is C67H93N15O4Pt. The van der Waals surface area contributed by atoms with Gasteiger partial charge in [0, 0.05) is 91.1 Å². The summed E-state index contributed by atoms with van der Waals surface area (Å²) in [5.74, 6) is 3.88. The van der Waals surface area contributed by atoms with Crippen molar-refractivity contribution in [1.82, 2.24) is 70.2 Å². The van der Waals surface area contributed by atoms with Gasteiger partial charge in [-0.3, -0.25) is 14.6 Å². The number of carbonyl (C=O) groups excluding carboxylic acids is 3. The van der Waals surface area contributed by atoms with Crippen molar-refractivity contribution in [3.63, 3.8) is 0 Å². The number of methoxy groups -OCH3 is 1. The Bertz CT molecular complexity index is 3160. The number of ether oxygens (including phenoxy) is 1. The predicted octanol–water partition coefficient (Wildman–Crippen LogP) is 12.4. The Morgan fingerprint density at radius 2 is 0.793 bits per heavy atom. The fourth-order valence-corrected chi connectivity index (χ4v) is 9.12. The van der Waals surface area contributed by atoms with Crippen LogP contribution < -0.4 is 10.2 Å². The molecular weight excluding hydrogens is 1270 g/mol. The number of nitrogens with zero attached hydrogens (tertiary/aromatic N) is 15. The SMILES string of the molecule is CCC(=O)C(C)C(=O)c1ncc(CC(C)C)cn1.CCC1=NCC(c2ncc(CC(C)C)cn2)=C1C.CCc1n[n-]c(-c2ncc(CC(C)C)cn2)c1C.CCc1n[n-]c(-c2ncc(CC(C)C)cn2)c1C.COC(=O)c1ncc(CC(C)C)cn1.[Pt+2]. The van der Waals surface area contributed by atoms with Gasteiger partial charge >= 0.3 is 27.0 Å². The van der Waals surface area contributed by atoms with E-state index in [1.165, 1.54) is 40.7 Å². The van der Waals surface area contributed by atoms with Crippen LogP contribution in [-0.4, -0.2) is 96.9 Å². The Kier molecular flexibility index (Phi) is 31.8. The van der Waals surface area contributed by atoms with E-state index in [1.807, 2.05) is 51.0 Å². The minimum Gasteiger partial charge on any atom is -0.572 e. The van der Waals surface area contributed by atoms with Crippen LogP contribution >= 0.6 is 0 Å². The van der Waals surface area contributed by atoms with Crippen molar-refractivity contribution in [2.24, 2.45) is 40.5 Å². The zero-order chi connectivity index (χ0) is 63.6. The maximum Gasteiger partial charge on any atom is 2.00 e. The molecule has 87 heavy (non-hydrogen) atoms. The van der Waals surface area contributed by atoms with Crippen LogP contribution in [0.2, 0.25) is 0 Å². The largest absolute Gasteiger partial charge is 2.00 e. The van der Waals surface area contributed by atoms with Gasteiger partial charge in [-0.2, -0.15) is 0 Å². The number of aromatic nitrogens is 14. The fraction of sp³-hybridized carbons (Fsp3) is 0.522. The summed E-state index contributed by atoms with van der Waals surface area (Å²) in [6.45, 7) is 38.2. The zero-order valence-electron chi connectivity index (χ0n) is 55.0. The van der Waals surface area contributed by atoms with Gasteiger partial charge in [0.2, 0.25) is 11.6 Å². The number of hydrogen-bond donors (Lipinski definition) is 0. The molecule has 1 aliphatic heterocycles. The van der Waals surface area contributed by atoms with Crippen LogP contribution in [0.15, 0.2) is 72.5 Å². The van der Waals surface area contributed by atoms with E-state index in [-0.39, 0.29) is 44.3 Å². The van der Waals surface area contributed by atoms with Crippen molar-refractivity contribution in [3.05, 3.63) is 135 Å². The van der Waals surface area contributed by atoms with Gasteiger partial charge in [0.1, 0.15) is 17.4 Å². The van der Waals surface area contributed by atoms with Crippen molar-refractivity contribution in [2.45, 2.75) is 182 Å². The van der Waals surface area contributed by atoms with Gasteiger partial charge in [0.05, 0.1) is 19.6 Å². The van der Waals surface area contributed by atoms with Gasteiger partial charge in [-0.25, -0.2) is 54.6 Å². The Hall–Kier alpha value is -7.27. The number of esters is 1. The topological polar surface area (TPSA) is 256 Å². The van der Waals surface area contributed by atoms with E-state index >= 15 is 0 Å². The van der Waals surface area contributed by atoms with Crippen LogP contribution in [0.5, 0.6) is 0 Å². The first kappa shape index (κ1) is 74.0. The molecule has 470 valence electrons. The minimum atomic E-state index is -0.647. The second-order valence-corrected chi connectivity index (χ2v) is 23.6. The summed E-state index contributed by atoms with van der Waals surface area (Å²) in [5.41, 5.74) is 15.1. The normalized spacial score (nSPS) is 12.1. The summed E-state index contributed by atoms with van der Waals surface area (Å²) in [4.78, 5) is 81.4. The first-order chi connectivity index (χ1) is 40.9. The molecule has 0 amide bonds. The smallest absolute Gasteiger partial charge is 0.572 e. The van der Waals surface area contributed by atoms with E-state index in [9.17, 15) is 14.4 Å². The number of rotatable bonds is 21. The molecule has 1 unspecified atom stereocenters. The van der Waals surface area contributed by atoms with Crippen LogP contribution in [-0.2, 0) is 75.5 Å². The molecule has 7 aromatic heterocycles. The molecule has 0 radical (unpaired) electrons. The summed E-state index contributed by atoms with van der Waals surface area (Å²) in [6, 6.07) is 0. The maximum absolute atomic E-state index is 11.9. The second-order valence-electron chi connectivity index (χ2n) is 23.6. The molecule has 0 saturated heterocycles. The summed E-state index contributed by atoms with van der Waals surface area (Å²) in [6.07, 6.45) is 26.1. The van der Waals surface area contributed by atoms with Gasteiger partial charge in [-0.15, -0.1) is 0 Å². The molecule has 8 rings (SSSR count). The molecule has 7 aromatic rings. The summed E-state index contributed by atoms with van der Waals surface area (Å²) >= 11 is 0. The monoisotopic (exact) mass is 1370 g/mol. The first-order valence-corrected chi connectivity index (χ1v) is 30.3. The Balaban J connectivity index is 0.000000285. The standard InChI is InChI=1S/C15H21N3.2C14H19N4.C14H20N2O2.C10H14N2O2.Pt/c1-5-14-11(4)13(9-16-14)15-17-7-12(8-18-15)6-10(2)3;2*1-5-12-10(4)13(18-17-12)14-15-7-11(8-16-14)6-9(2)3;1-5-12(17)10(4)13(18)14-15-7-11(8-16-14)6-9(2)3;1-7(2)4-8-5-11-9(12-6-8)10(13)14-3;/h7-8,10H,5-6,9H2,1-4H3;2*7-9H,5-6H2,1-4H3;7-10H,5-6H2,1-4H3;5-7H,4H2,1-3H3;/q;2*-1;;;+2. The molecule has 0 spiro atoms. The Morgan fingerprint density at radius 1 is 0.471 bits per heavy atom. The first-order valence-electron chi connectivity index (χ1n) is 30.3. The minimum absolute atomic E-state index is 0. The quantitative estimate of drug-likeness (QED) is 0.0368. The third-order valence-electron chi connectivity index (χ3n) is 13.7. The average molecular weight is 1370 g/mol. The summed E-state index contributed by atoms with van der Waals surface area (Å²) < 4.78 is 4.49.